The van der Waals surface area contributed by atoms with E-state index in [0.29, 0.717) is 24.9 Å². The average Bonchev–Trinajstić information content (AvgIpc) is 2.98. The average molecular weight is 327 g/mol. The molecule has 1 aromatic carbocycles. The van der Waals surface area contributed by atoms with Gasteiger partial charge in [-0.05, 0) is 36.1 Å². The highest BCUT2D eigenvalue weighted by Crippen LogP contribution is 2.15. The molecule has 0 atom stereocenters. The number of hydrogen-bond donors (Lipinski definition) is 1. The van der Waals surface area contributed by atoms with Gasteiger partial charge in [-0.1, -0.05) is 12.1 Å². The number of aryl methyl sites for hydroxylation is 2. The van der Waals surface area contributed by atoms with E-state index in [0.717, 1.165) is 5.52 Å². The first-order valence-corrected chi connectivity index (χ1v) is 8.27. The molecule has 0 radical (unpaired) electrons. The normalized spacial score (nSPS) is 10.8. The van der Waals surface area contributed by atoms with Gasteiger partial charge in [0.1, 0.15) is 0 Å². The first-order chi connectivity index (χ1) is 11.1. The number of hydrogen-bond acceptors (Lipinski definition) is 4. The van der Waals surface area contributed by atoms with Crippen LogP contribution in [0.15, 0.2) is 46.7 Å². The molecule has 118 valence electrons. The Balaban J connectivity index is 1.64. The summed E-state index contributed by atoms with van der Waals surface area (Å²) in [6.45, 7) is 3.03. The monoisotopic (exact) mass is 327 g/mol. The van der Waals surface area contributed by atoms with Gasteiger partial charge in [-0.3, -0.25) is 14.3 Å². The van der Waals surface area contributed by atoms with Crippen LogP contribution < -0.4 is 10.7 Å². The lowest BCUT2D eigenvalue weighted by atomic mass is 10.2. The largest absolute Gasteiger partial charge is 0.351 e. The summed E-state index contributed by atoms with van der Waals surface area (Å²) in [6, 6.07) is 9.35. The van der Waals surface area contributed by atoms with Crippen LogP contribution in [0.5, 0.6) is 0 Å². The van der Waals surface area contributed by atoms with E-state index >= 15 is 0 Å². The van der Waals surface area contributed by atoms with Gasteiger partial charge >= 0.3 is 0 Å². The Morgan fingerprint density at radius 1 is 1.30 bits per heavy atom. The fourth-order valence-corrected chi connectivity index (χ4v) is 3.24. The Hall–Kier alpha value is -2.47. The topological polar surface area (TPSA) is 64.0 Å². The molecule has 3 aromatic rings. The van der Waals surface area contributed by atoms with E-state index in [1.807, 2.05) is 36.6 Å². The van der Waals surface area contributed by atoms with E-state index in [1.165, 1.54) is 16.6 Å². The fourth-order valence-electron chi connectivity index (χ4n) is 2.40. The van der Waals surface area contributed by atoms with Crippen molar-refractivity contribution in [2.75, 3.05) is 0 Å². The summed E-state index contributed by atoms with van der Waals surface area (Å²) in [6.07, 6.45) is 1.62. The summed E-state index contributed by atoms with van der Waals surface area (Å²) in [5, 5.41) is 9.70. The molecule has 0 saturated heterocycles. The van der Waals surface area contributed by atoms with Crippen LogP contribution in [0.4, 0.5) is 0 Å². The van der Waals surface area contributed by atoms with E-state index in [-0.39, 0.29) is 11.3 Å². The summed E-state index contributed by atoms with van der Waals surface area (Å²) in [4.78, 5) is 25.0. The second-order valence-corrected chi connectivity index (χ2v) is 6.30. The molecule has 1 N–H and O–H groups in total. The highest BCUT2D eigenvalue weighted by molar-refractivity contribution is 7.10. The maximum Gasteiger partial charge on any atom is 0.222 e. The maximum atomic E-state index is 12.0. The first-order valence-electron chi connectivity index (χ1n) is 7.39. The molecule has 0 saturated carbocycles. The summed E-state index contributed by atoms with van der Waals surface area (Å²) >= 11 is 1.64. The molecule has 0 unspecified atom stereocenters. The SMILES string of the molecule is Cc1ccsc1CNC(=O)CCn1ncc(=O)c2ccccc21. The van der Waals surface area contributed by atoms with Gasteiger partial charge in [-0.2, -0.15) is 5.10 Å². The van der Waals surface area contributed by atoms with E-state index in [2.05, 4.69) is 10.4 Å². The molecule has 1 amide bonds. The second-order valence-electron chi connectivity index (χ2n) is 5.30. The van der Waals surface area contributed by atoms with Crippen LogP contribution in [0, 0.1) is 6.92 Å². The molecule has 0 fully saturated rings. The quantitative estimate of drug-likeness (QED) is 0.783. The molecule has 3 rings (SSSR count). The van der Waals surface area contributed by atoms with Gasteiger partial charge < -0.3 is 5.32 Å². The predicted molar refractivity (Wildman–Crippen MR) is 91.5 cm³/mol. The fraction of sp³-hybridized carbons (Fsp3) is 0.235. The molecule has 2 heterocycles. The first kappa shape index (κ1) is 15.4. The Labute approximate surface area is 137 Å². The van der Waals surface area contributed by atoms with Gasteiger partial charge in [-0.15, -0.1) is 11.3 Å². The highest BCUT2D eigenvalue weighted by Gasteiger charge is 2.07. The van der Waals surface area contributed by atoms with Crippen LogP contribution in [0.1, 0.15) is 16.9 Å². The van der Waals surface area contributed by atoms with Crippen molar-refractivity contribution in [2.24, 2.45) is 0 Å². The van der Waals surface area contributed by atoms with Crippen molar-refractivity contribution in [3.63, 3.8) is 0 Å². The lowest BCUT2D eigenvalue weighted by Crippen LogP contribution is -2.24. The predicted octanol–water partition coefficient (Wildman–Crippen LogP) is 2.47. The highest BCUT2D eigenvalue weighted by atomic mass is 32.1. The third-order valence-corrected chi connectivity index (χ3v) is 4.75. The number of nitrogens with one attached hydrogen (secondary N) is 1. The number of carbonyl (C=O) groups is 1. The molecule has 0 bridgehead atoms. The number of benzene rings is 1. The number of fused-ring (bicyclic) bond motifs is 1. The molecule has 0 spiro atoms. The Morgan fingerprint density at radius 3 is 2.91 bits per heavy atom. The number of thiophene rings is 1. The van der Waals surface area contributed by atoms with Crippen LogP contribution in [0.2, 0.25) is 0 Å². The number of nitrogens with zero attached hydrogens (tertiary/aromatic N) is 2. The van der Waals surface area contributed by atoms with Crippen molar-refractivity contribution in [2.45, 2.75) is 26.4 Å². The molecule has 0 aliphatic carbocycles. The second kappa shape index (κ2) is 6.75. The van der Waals surface area contributed by atoms with Crippen LogP contribution in [0.25, 0.3) is 10.9 Å². The number of aromatic nitrogens is 2. The van der Waals surface area contributed by atoms with Gasteiger partial charge in [0.15, 0.2) is 0 Å². The molecule has 23 heavy (non-hydrogen) atoms. The zero-order valence-corrected chi connectivity index (χ0v) is 13.6. The number of rotatable bonds is 5. The van der Waals surface area contributed by atoms with Gasteiger partial charge in [-0.25, -0.2) is 0 Å². The van der Waals surface area contributed by atoms with E-state index in [9.17, 15) is 9.59 Å². The summed E-state index contributed by atoms with van der Waals surface area (Å²) in [5.74, 6) is -0.0256. The zero-order valence-electron chi connectivity index (χ0n) is 12.8. The minimum atomic E-state index is -0.102. The number of para-hydroxylation sites is 1. The maximum absolute atomic E-state index is 12.0. The summed E-state index contributed by atoms with van der Waals surface area (Å²) in [7, 11) is 0. The minimum Gasteiger partial charge on any atom is -0.351 e. The third-order valence-electron chi connectivity index (χ3n) is 3.73. The molecule has 2 aromatic heterocycles. The zero-order chi connectivity index (χ0) is 16.2. The van der Waals surface area contributed by atoms with Crippen molar-refractivity contribution in [3.8, 4) is 0 Å². The van der Waals surface area contributed by atoms with E-state index in [4.69, 9.17) is 0 Å². The Bertz CT molecular complexity index is 898. The van der Waals surface area contributed by atoms with Gasteiger partial charge in [0.2, 0.25) is 11.3 Å². The van der Waals surface area contributed by atoms with E-state index < -0.39 is 0 Å². The minimum absolute atomic E-state index is 0.0256. The molecular weight excluding hydrogens is 310 g/mol. The number of carbonyl (C=O) groups excluding carboxylic acids is 1. The van der Waals surface area contributed by atoms with Crippen molar-refractivity contribution < 1.29 is 4.79 Å². The van der Waals surface area contributed by atoms with Crippen LogP contribution in [0.3, 0.4) is 0 Å². The Kier molecular flexibility index (Phi) is 4.52. The molecule has 6 heteroatoms. The summed E-state index contributed by atoms with van der Waals surface area (Å²) in [5.41, 5.74) is 1.85. The molecule has 0 aliphatic rings. The smallest absolute Gasteiger partial charge is 0.222 e. The van der Waals surface area contributed by atoms with Crippen molar-refractivity contribution in [1.29, 1.82) is 0 Å². The molecule has 0 aliphatic heterocycles. The molecule has 5 nitrogen and oxygen atoms in total. The van der Waals surface area contributed by atoms with E-state index in [1.54, 1.807) is 22.1 Å². The van der Waals surface area contributed by atoms with Crippen LogP contribution in [-0.4, -0.2) is 15.7 Å². The third kappa shape index (κ3) is 3.48. The standard InChI is InChI=1S/C17H17N3O2S/c1-12-7-9-23-16(12)11-18-17(22)6-8-20-14-5-3-2-4-13(14)15(21)10-19-20/h2-5,7,9-10H,6,8,11H2,1H3,(H,18,22). The Morgan fingerprint density at radius 2 is 2.13 bits per heavy atom. The van der Waals surface area contributed by atoms with Crippen molar-refractivity contribution in [1.82, 2.24) is 15.1 Å². The summed E-state index contributed by atoms with van der Waals surface area (Å²) < 4.78 is 1.70. The van der Waals surface area contributed by atoms with Crippen LogP contribution >= 0.6 is 11.3 Å². The van der Waals surface area contributed by atoms with Crippen molar-refractivity contribution in [3.05, 3.63) is 62.6 Å². The van der Waals surface area contributed by atoms with Gasteiger partial charge in [0.05, 0.1) is 24.8 Å². The number of amides is 1. The lowest BCUT2D eigenvalue weighted by Gasteiger charge is -2.09. The lowest BCUT2D eigenvalue weighted by molar-refractivity contribution is -0.121. The van der Waals surface area contributed by atoms with Crippen LogP contribution in [-0.2, 0) is 17.9 Å². The van der Waals surface area contributed by atoms with Gasteiger partial charge in [0, 0.05) is 16.7 Å². The molecular formula is C17H17N3O2S. The van der Waals surface area contributed by atoms with Crippen molar-refractivity contribution >= 4 is 28.1 Å². The van der Waals surface area contributed by atoms with Gasteiger partial charge in [0.25, 0.3) is 0 Å².